The van der Waals surface area contributed by atoms with Gasteiger partial charge in [0.05, 0.1) is 7.11 Å². The molecule has 0 bridgehead atoms. The Hall–Kier alpha value is -1.66. The predicted molar refractivity (Wildman–Crippen MR) is 72.9 cm³/mol. The zero-order valence-electron chi connectivity index (χ0n) is 10.2. The Morgan fingerprint density at radius 2 is 2.21 bits per heavy atom. The lowest BCUT2D eigenvalue weighted by molar-refractivity contribution is 0.0594. The second kappa shape index (κ2) is 5.54. The maximum absolute atomic E-state index is 13.2. The van der Waals surface area contributed by atoms with Gasteiger partial charge in [-0.1, -0.05) is 11.6 Å². The van der Waals surface area contributed by atoms with Gasteiger partial charge in [-0.3, -0.25) is 0 Å². The predicted octanol–water partition coefficient (Wildman–Crippen LogP) is 3.77. The molecule has 19 heavy (non-hydrogen) atoms. The first-order valence-electron chi connectivity index (χ1n) is 5.28. The average molecular weight is 301 g/mol. The molecule has 0 fully saturated rings. The summed E-state index contributed by atoms with van der Waals surface area (Å²) in [5, 5.41) is 3.65. The van der Waals surface area contributed by atoms with E-state index in [-0.39, 0.29) is 10.7 Å². The molecule has 0 aliphatic heterocycles. The molecular formula is C12H10ClFN2O2S. The Morgan fingerprint density at radius 1 is 1.47 bits per heavy atom. The number of aromatic nitrogens is 1. The van der Waals surface area contributed by atoms with Crippen LogP contribution >= 0.6 is 22.9 Å². The van der Waals surface area contributed by atoms with Crippen molar-refractivity contribution >= 4 is 39.7 Å². The number of benzene rings is 1. The largest absolute Gasteiger partial charge is 0.464 e. The second-order valence-electron chi connectivity index (χ2n) is 3.70. The van der Waals surface area contributed by atoms with Crippen LogP contribution in [0.4, 0.5) is 15.2 Å². The summed E-state index contributed by atoms with van der Waals surface area (Å²) in [4.78, 5) is 16.2. The van der Waals surface area contributed by atoms with Gasteiger partial charge in [0.25, 0.3) is 0 Å². The number of anilines is 2. The topological polar surface area (TPSA) is 51.2 Å². The second-order valence-corrected chi connectivity index (χ2v) is 5.34. The van der Waals surface area contributed by atoms with E-state index < -0.39 is 11.8 Å². The van der Waals surface area contributed by atoms with Gasteiger partial charge in [-0.25, -0.2) is 14.2 Å². The summed E-state index contributed by atoms with van der Waals surface area (Å²) < 4.78 is 17.8. The number of hydrogen-bond acceptors (Lipinski definition) is 5. The molecule has 2 rings (SSSR count). The van der Waals surface area contributed by atoms with Crippen LogP contribution in [0.5, 0.6) is 0 Å². The zero-order valence-corrected chi connectivity index (χ0v) is 11.7. The summed E-state index contributed by atoms with van der Waals surface area (Å²) in [6.45, 7) is 1.76. The number of methoxy groups -OCH3 is 1. The summed E-state index contributed by atoms with van der Waals surface area (Å²) in [5.41, 5.74) is 0.715. The number of rotatable bonds is 3. The molecule has 0 aliphatic rings. The van der Waals surface area contributed by atoms with Crippen LogP contribution in [0, 0.1) is 12.7 Å². The van der Waals surface area contributed by atoms with Crippen LogP contribution in [0.2, 0.25) is 5.02 Å². The molecule has 0 spiro atoms. The molecule has 0 aliphatic carbocycles. The number of carbonyl (C=O) groups excluding carboxylic acids is 1. The third-order valence-electron chi connectivity index (χ3n) is 2.29. The number of aryl methyl sites for hydroxylation is 1. The molecule has 2 aromatic rings. The van der Waals surface area contributed by atoms with Gasteiger partial charge in [-0.15, -0.1) is 11.3 Å². The van der Waals surface area contributed by atoms with Gasteiger partial charge >= 0.3 is 5.97 Å². The molecule has 1 aromatic carbocycles. The number of ether oxygens (including phenoxy) is 1. The Bertz CT molecular complexity index is 610. The molecule has 7 heteroatoms. The number of esters is 1. The highest BCUT2D eigenvalue weighted by Gasteiger charge is 2.15. The molecule has 0 unspecified atom stereocenters. The minimum Gasteiger partial charge on any atom is -0.464 e. The quantitative estimate of drug-likeness (QED) is 0.877. The van der Waals surface area contributed by atoms with E-state index in [0.29, 0.717) is 10.8 Å². The van der Waals surface area contributed by atoms with E-state index in [0.717, 1.165) is 4.88 Å². The monoisotopic (exact) mass is 300 g/mol. The van der Waals surface area contributed by atoms with E-state index in [1.54, 1.807) is 13.0 Å². The Labute approximate surface area is 118 Å². The van der Waals surface area contributed by atoms with E-state index in [2.05, 4.69) is 15.0 Å². The van der Waals surface area contributed by atoms with Crippen LogP contribution in [0.1, 0.15) is 15.4 Å². The SMILES string of the molecule is COC(=O)c1nc(Nc2cc(F)cc(Cl)c2)sc1C. The van der Waals surface area contributed by atoms with Crippen molar-refractivity contribution in [2.24, 2.45) is 0 Å². The third kappa shape index (κ3) is 3.21. The summed E-state index contributed by atoms with van der Waals surface area (Å²) >= 11 is 7.03. The summed E-state index contributed by atoms with van der Waals surface area (Å²) in [7, 11) is 1.29. The summed E-state index contributed by atoms with van der Waals surface area (Å²) in [6.07, 6.45) is 0. The van der Waals surface area contributed by atoms with Crippen LogP contribution in [-0.4, -0.2) is 18.1 Å². The first-order valence-corrected chi connectivity index (χ1v) is 6.48. The highest BCUT2D eigenvalue weighted by molar-refractivity contribution is 7.15. The molecule has 100 valence electrons. The van der Waals surface area contributed by atoms with Crippen molar-refractivity contribution in [2.75, 3.05) is 12.4 Å². The van der Waals surface area contributed by atoms with Gasteiger partial charge in [-0.2, -0.15) is 0 Å². The lowest BCUT2D eigenvalue weighted by Gasteiger charge is -2.03. The smallest absolute Gasteiger partial charge is 0.357 e. The lowest BCUT2D eigenvalue weighted by Crippen LogP contribution is -2.03. The van der Waals surface area contributed by atoms with Gasteiger partial charge in [0.2, 0.25) is 0 Å². The standard InChI is InChI=1S/C12H10ClFN2O2S/c1-6-10(11(17)18-2)16-12(19-6)15-9-4-7(13)3-8(14)5-9/h3-5H,1-2H3,(H,15,16). The first-order chi connectivity index (χ1) is 8.99. The van der Waals surface area contributed by atoms with Crippen LogP contribution in [-0.2, 0) is 4.74 Å². The number of halogens is 2. The van der Waals surface area contributed by atoms with Crippen molar-refractivity contribution in [3.8, 4) is 0 Å². The van der Waals surface area contributed by atoms with Crippen LogP contribution in [0.25, 0.3) is 0 Å². The van der Waals surface area contributed by atoms with E-state index in [1.165, 1.54) is 30.6 Å². The van der Waals surface area contributed by atoms with Gasteiger partial charge in [0.15, 0.2) is 10.8 Å². The maximum Gasteiger partial charge on any atom is 0.357 e. The Balaban J connectivity index is 2.26. The highest BCUT2D eigenvalue weighted by Crippen LogP contribution is 2.27. The van der Waals surface area contributed by atoms with Gasteiger partial charge in [0, 0.05) is 15.6 Å². The van der Waals surface area contributed by atoms with Crippen LogP contribution in [0.15, 0.2) is 18.2 Å². The average Bonchev–Trinajstić information content (AvgIpc) is 2.68. The van der Waals surface area contributed by atoms with Gasteiger partial charge in [0.1, 0.15) is 5.82 Å². The van der Waals surface area contributed by atoms with Crippen molar-refractivity contribution in [1.82, 2.24) is 4.98 Å². The fourth-order valence-electron chi connectivity index (χ4n) is 1.49. The zero-order chi connectivity index (χ0) is 14.0. The fraction of sp³-hybridized carbons (Fsp3) is 0.167. The molecule has 0 radical (unpaired) electrons. The minimum atomic E-state index is -0.501. The molecular weight excluding hydrogens is 291 g/mol. The van der Waals surface area contributed by atoms with Crippen molar-refractivity contribution in [1.29, 1.82) is 0 Å². The normalized spacial score (nSPS) is 10.3. The highest BCUT2D eigenvalue weighted by atomic mass is 35.5. The molecule has 1 aromatic heterocycles. The van der Waals surface area contributed by atoms with E-state index >= 15 is 0 Å². The number of hydrogen-bond donors (Lipinski definition) is 1. The van der Waals surface area contributed by atoms with Crippen molar-refractivity contribution < 1.29 is 13.9 Å². The molecule has 0 amide bonds. The van der Waals surface area contributed by atoms with E-state index in [9.17, 15) is 9.18 Å². The Kier molecular flexibility index (Phi) is 4.01. The van der Waals surface area contributed by atoms with Crippen molar-refractivity contribution in [3.63, 3.8) is 0 Å². The van der Waals surface area contributed by atoms with Crippen molar-refractivity contribution in [2.45, 2.75) is 6.92 Å². The number of nitrogens with zero attached hydrogens (tertiary/aromatic N) is 1. The minimum absolute atomic E-state index is 0.248. The summed E-state index contributed by atoms with van der Waals surface area (Å²) in [6, 6.07) is 4.07. The molecule has 0 saturated carbocycles. The van der Waals surface area contributed by atoms with Crippen LogP contribution in [0.3, 0.4) is 0 Å². The van der Waals surface area contributed by atoms with Gasteiger partial charge in [-0.05, 0) is 25.1 Å². The molecule has 1 N–H and O–H groups in total. The van der Waals surface area contributed by atoms with E-state index in [1.807, 2.05) is 0 Å². The molecule has 0 atom stereocenters. The molecule has 1 heterocycles. The Morgan fingerprint density at radius 3 is 2.84 bits per heavy atom. The van der Waals surface area contributed by atoms with Crippen LogP contribution < -0.4 is 5.32 Å². The third-order valence-corrected chi connectivity index (χ3v) is 3.39. The number of carbonyl (C=O) groups is 1. The lowest BCUT2D eigenvalue weighted by atomic mass is 10.3. The first kappa shape index (κ1) is 13.8. The number of nitrogens with one attached hydrogen (secondary N) is 1. The molecule has 0 saturated heterocycles. The van der Waals surface area contributed by atoms with Gasteiger partial charge < -0.3 is 10.1 Å². The maximum atomic E-state index is 13.2. The summed E-state index contributed by atoms with van der Waals surface area (Å²) in [5.74, 6) is -0.949. The van der Waals surface area contributed by atoms with Crippen molar-refractivity contribution in [3.05, 3.63) is 39.6 Å². The molecule has 4 nitrogen and oxygen atoms in total. The fourth-order valence-corrected chi connectivity index (χ4v) is 2.53. The van der Waals surface area contributed by atoms with E-state index in [4.69, 9.17) is 11.6 Å². The number of thiazole rings is 1.